The summed E-state index contributed by atoms with van der Waals surface area (Å²) in [6.45, 7) is 0. The van der Waals surface area contributed by atoms with Gasteiger partial charge in [-0.05, 0) is 41.0 Å². The van der Waals surface area contributed by atoms with Crippen molar-refractivity contribution in [3.8, 4) is 67.8 Å². The van der Waals surface area contributed by atoms with Gasteiger partial charge in [0.15, 0.2) is 23.3 Å². The van der Waals surface area contributed by atoms with Crippen LogP contribution in [0.2, 0.25) is 0 Å². The van der Waals surface area contributed by atoms with Crippen LogP contribution in [0.1, 0.15) is 0 Å². The third-order valence-electron chi connectivity index (χ3n) is 11.2. The van der Waals surface area contributed by atoms with Crippen LogP contribution in [0, 0.1) is 0 Å². The van der Waals surface area contributed by atoms with Crippen molar-refractivity contribution in [1.82, 2.24) is 24.9 Å². The molecule has 12 rings (SSSR count). The number of para-hydroxylation sites is 2. The van der Waals surface area contributed by atoms with Gasteiger partial charge in [-0.2, -0.15) is 0 Å². The van der Waals surface area contributed by atoms with E-state index < -0.39 is 0 Å². The average molecular weight is 786 g/mol. The van der Waals surface area contributed by atoms with E-state index in [0.29, 0.717) is 23.3 Å². The molecule has 60 heavy (non-hydrogen) atoms. The molecule has 0 fully saturated rings. The molecule has 0 aliphatic rings. The molecule has 8 aromatic carbocycles. The molecule has 0 atom stereocenters. The predicted molar refractivity (Wildman–Crippen MR) is 246 cm³/mol. The Hall–Kier alpha value is -7.87. The van der Waals surface area contributed by atoms with Crippen LogP contribution in [0.4, 0.5) is 0 Å². The number of furan rings is 1. The highest BCUT2D eigenvalue weighted by molar-refractivity contribution is 7.26. The number of nitrogens with zero attached hydrogens (tertiary/aromatic N) is 5. The molecule has 0 amide bonds. The molecule has 0 unspecified atom stereocenters. The maximum absolute atomic E-state index is 6.83. The molecule has 6 nitrogen and oxygen atoms in total. The Kier molecular flexibility index (Phi) is 7.92. The summed E-state index contributed by atoms with van der Waals surface area (Å²) in [5, 5.41) is 5.37. The molecular formula is C53H31N5OS. The molecule has 0 spiro atoms. The van der Waals surface area contributed by atoms with Gasteiger partial charge in [0.2, 0.25) is 0 Å². The molecule has 0 saturated heterocycles. The first-order chi connectivity index (χ1) is 29.7. The van der Waals surface area contributed by atoms with Gasteiger partial charge in [-0.25, -0.2) is 24.9 Å². The minimum absolute atomic E-state index is 0.547. The van der Waals surface area contributed by atoms with Crippen LogP contribution in [0.3, 0.4) is 0 Å². The molecule has 0 aliphatic heterocycles. The van der Waals surface area contributed by atoms with Crippen LogP contribution < -0.4 is 0 Å². The van der Waals surface area contributed by atoms with Gasteiger partial charge < -0.3 is 4.42 Å². The summed E-state index contributed by atoms with van der Waals surface area (Å²) in [6.07, 6.45) is 1.90. The first-order valence-electron chi connectivity index (χ1n) is 19.8. The lowest BCUT2D eigenvalue weighted by molar-refractivity contribution is 0.669. The Morgan fingerprint density at radius 3 is 1.67 bits per heavy atom. The lowest BCUT2D eigenvalue weighted by atomic mass is 10.0. The molecule has 0 radical (unpaired) electrons. The van der Waals surface area contributed by atoms with E-state index in [0.717, 1.165) is 70.9 Å². The van der Waals surface area contributed by atoms with Crippen LogP contribution in [-0.4, -0.2) is 24.9 Å². The second-order valence-electron chi connectivity index (χ2n) is 14.8. The van der Waals surface area contributed by atoms with Crippen molar-refractivity contribution in [2.75, 3.05) is 0 Å². The maximum atomic E-state index is 6.83. The van der Waals surface area contributed by atoms with Crippen molar-refractivity contribution in [2.45, 2.75) is 0 Å². The minimum Gasteiger partial charge on any atom is -0.455 e. The highest BCUT2D eigenvalue weighted by Gasteiger charge is 2.21. The van der Waals surface area contributed by atoms with Crippen molar-refractivity contribution in [1.29, 1.82) is 0 Å². The van der Waals surface area contributed by atoms with Crippen molar-refractivity contribution >= 4 is 64.4 Å². The van der Waals surface area contributed by atoms with E-state index >= 15 is 0 Å². The maximum Gasteiger partial charge on any atom is 0.167 e. The van der Waals surface area contributed by atoms with E-state index in [2.05, 4.69) is 114 Å². The van der Waals surface area contributed by atoms with Crippen LogP contribution in [-0.2, 0) is 0 Å². The summed E-state index contributed by atoms with van der Waals surface area (Å²) in [6, 6.07) is 62.6. The summed E-state index contributed by atoms with van der Waals surface area (Å²) in [7, 11) is 0. The van der Waals surface area contributed by atoms with Crippen molar-refractivity contribution in [2.24, 2.45) is 0 Å². The number of hydrogen-bond acceptors (Lipinski definition) is 7. The molecule has 12 aromatic rings. The first-order valence-corrected chi connectivity index (χ1v) is 20.6. The number of hydrogen-bond donors (Lipinski definition) is 0. The molecule has 0 saturated carbocycles. The normalized spacial score (nSPS) is 11.7. The lowest BCUT2D eigenvalue weighted by Gasteiger charge is -2.09. The fourth-order valence-corrected chi connectivity index (χ4v) is 9.68. The minimum atomic E-state index is 0.547. The molecule has 7 heteroatoms. The molecular weight excluding hydrogens is 755 g/mol. The SMILES string of the molecule is c1ccc(-c2nc(-c3cccc4c3oc3cc(-c5cccc6cnc(-c7ccccc7)nc56)ccc34)nc(-c3cccc4c3sc3c(-c5ccccc5)cccc34)n2)cc1. The number of thiophene rings is 1. The Morgan fingerprint density at radius 1 is 0.367 bits per heavy atom. The standard InChI is InChI=1S/C53H31N5OS/c1-4-14-32(15-5-1)38-22-11-24-41-42-25-13-27-44(49(42)60-48(38)41)53-57-51(34-18-8-3-9-19-34)56-52(58-53)43-26-12-23-40-39-29-28-35(30-45(39)59-47(40)43)37-21-10-20-36-31-54-50(55-46(36)37)33-16-6-2-7-17-33/h1-31H. The zero-order chi connectivity index (χ0) is 39.6. The van der Waals surface area contributed by atoms with Gasteiger partial charge in [-0.3, -0.25) is 0 Å². The van der Waals surface area contributed by atoms with Gasteiger partial charge in [0.1, 0.15) is 11.2 Å². The number of aromatic nitrogens is 5. The van der Waals surface area contributed by atoms with Crippen molar-refractivity contribution in [3.63, 3.8) is 0 Å². The number of fused-ring (bicyclic) bond motifs is 7. The van der Waals surface area contributed by atoms with Crippen molar-refractivity contribution < 1.29 is 4.42 Å². The summed E-state index contributed by atoms with van der Waals surface area (Å²) in [5.41, 5.74) is 10.5. The smallest absolute Gasteiger partial charge is 0.167 e. The zero-order valence-corrected chi connectivity index (χ0v) is 32.8. The van der Waals surface area contributed by atoms with Gasteiger partial charge in [-0.15, -0.1) is 11.3 Å². The van der Waals surface area contributed by atoms with E-state index in [9.17, 15) is 0 Å². The molecule has 4 heterocycles. The quantitative estimate of drug-likeness (QED) is 0.167. The highest BCUT2D eigenvalue weighted by Crippen LogP contribution is 2.44. The topological polar surface area (TPSA) is 77.6 Å². The molecule has 280 valence electrons. The van der Waals surface area contributed by atoms with Gasteiger partial charge in [0.25, 0.3) is 0 Å². The first kappa shape index (κ1) is 34.2. The van der Waals surface area contributed by atoms with Crippen LogP contribution in [0.25, 0.3) is 121 Å². The largest absolute Gasteiger partial charge is 0.455 e. The van der Waals surface area contributed by atoms with Crippen LogP contribution in [0.5, 0.6) is 0 Å². The molecule has 0 N–H and O–H groups in total. The third-order valence-corrected chi connectivity index (χ3v) is 12.5. The van der Waals surface area contributed by atoms with Gasteiger partial charge in [0, 0.05) is 64.8 Å². The fraction of sp³-hybridized carbons (Fsp3) is 0. The second-order valence-corrected chi connectivity index (χ2v) is 15.8. The van der Waals surface area contributed by atoms with E-state index in [4.69, 9.17) is 24.4 Å². The summed E-state index contributed by atoms with van der Waals surface area (Å²) in [5.74, 6) is 2.45. The Morgan fingerprint density at radius 2 is 0.933 bits per heavy atom. The average Bonchev–Trinajstić information content (AvgIpc) is 3.90. The number of benzene rings is 8. The fourth-order valence-electron chi connectivity index (χ4n) is 8.33. The Bertz CT molecular complexity index is 3600. The van der Waals surface area contributed by atoms with Crippen molar-refractivity contribution in [3.05, 3.63) is 188 Å². The Balaban J connectivity index is 1.02. The van der Waals surface area contributed by atoms with Gasteiger partial charge in [0.05, 0.1) is 11.1 Å². The predicted octanol–water partition coefficient (Wildman–Crippen LogP) is 14.1. The molecule has 4 aromatic heterocycles. The summed E-state index contributed by atoms with van der Waals surface area (Å²) in [4.78, 5) is 25.3. The molecule has 0 aliphatic carbocycles. The monoisotopic (exact) mass is 785 g/mol. The molecule has 0 bridgehead atoms. The van der Waals surface area contributed by atoms with Crippen LogP contribution in [0.15, 0.2) is 193 Å². The summed E-state index contributed by atoms with van der Waals surface area (Å²) < 4.78 is 9.20. The van der Waals surface area contributed by atoms with E-state index in [1.807, 2.05) is 79.0 Å². The summed E-state index contributed by atoms with van der Waals surface area (Å²) >= 11 is 1.79. The highest BCUT2D eigenvalue weighted by atomic mass is 32.1. The number of rotatable bonds is 6. The van der Waals surface area contributed by atoms with E-state index in [1.165, 1.54) is 26.6 Å². The van der Waals surface area contributed by atoms with Crippen LogP contribution >= 0.6 is 11.3 Å². The third kappa shape index (κ3) is 5.67. The zero-order valence-electron chi connectivity index (χ0n) is 32.0. The Labute approximate surface area is 348 Å². The van der Waals surface area contributed by atoms with Gasteiger partial charge >= 0.3 is 0 Å². The van der Waals surface area contributed by atoms with E-state index in [1.54, 1.807) is 11.3 Å². The van der Waals surface area contributed by atoms with Gasteiger partial charge in [-0.1, -0.05) is 158 Å². The second kappa shape index (κ2) is 13.9. The van der Waals surface area contributed by atoms with E-state index in [-0.39, 0.29) is 0 Å². The lowest BCUT2D eigenvalue weighted by Crippen LogP contribution is -2.00.